The summed E-state index contributed by atoms with van der Waals surface area (Å²) in [6, 6.07) is 59.5. The zero-order valence-corrected chi connectivity index (χ0v) is 22.3. The van der Waals surface area contributed by atoms with Crippen molar-refractivity contribution in [2.45, 2.75) is 11.8 Å². The highest BCUT2D eigenvalue weighted by atomic mass is 14.4. The Morgan fingerprint density at radius 1 is 0.350 bits per heavy atom. The Bertz CT molecular complexity index is 1750. The first-order valence-electron chi connectivity index (χ1n) is 14.0. The fourth-order valence-corrected chi connectivity index (χ4v) is 6.42. The fraction of sp³-hybridized carbons (Fsp3) is 0.0500. The van der Waals surface area contributed by atoms with Crippen molar-refractivity contribution < 1.29 is 0 Å². The molecule has 6 aromatic rings. The molecule has 0 nitrogen and oxygen atoms in total. The molecule has 40 heavy (non-hydrogen) atoms. The molecule has 190 valence electrons. The monoisotopic (exact) mass is 510 g/mol. The van der Waals surface area contributed by atoms with Gasteiger partial charge in [-0.3, -0.25) is 0 Å². The van der Waals surface area contributed by atoms with Gasteiger partial charge in [-0.25, -0.2) is 0 Å². The van der Waals surface area contributed by atoms with E-state index in [4.69, 9.17) is 0 Å². The molecule has 0 fully saturated rings. The van der Waals surface area contributed by atoms with Gasteiger partial charge in [-0.2, -0.15) is 0 Å². The summed E-state index contributed by atoms with van der Waals surface area (Å²) >= 11 is 0. The van der Waals surface area contributed by atoms with Crippen LogP contribution in [0.2, 0.25) is 0 Å². The summed E-state index contributed by atoms with van der Waals surface area (Å²) in [5.41, 5.74) is 13.1. The summed E-state index contributed by atoms with van der Waals surface area (Å²) < 4.78 is 0. The van der Waals surface area contributed by atoms with Gasteiger partial charge in [0.05, 0.1) is 0 Å². The summed E-state index contributed by atoms with van der Waals surface area (Å²) in [6.45, 7) is 0. The maximum Gasteiger partial charge on any atom is 0.0211 e. The lowest BCUT2D eigenvalue weighted by Gasteiger charge is -2.38. The third-order valence-electron chi connectivity index (χ3n) is 8.14. The molecular weight excluding hydrogens is 480 g/mol. The van der Waals surface area contributed by atoms with Crippen LogP contribution in [-0.4, -0.2) is 0 Å². The molecule has 0 bridgehead atoms. The third-order valence-corrected chi connectivity index (χ3v) is 8.14. The zero-order chi connectivity index (χ0) is 26.7. The van der Waals surface area contributed by atoms with Crippen molar-refractivity contribution in [3.63, 3.8) is 0 Å². The molecule has 0 saturated carbocycles. The molecule has 0 heterocycles. The van der Waals surface area contributed by atoms with Gasteiger partial charge < -0.3 is 0 Å². The predicted molar refractivity (Wildman–Crippen MR) is 169 cm³/mol. The molecular formula is C40H30. The molecule has 1 aliphatic rings. The third kappa shape index (κ3) is 4.38. The summed E-state index contributed by atoms with van der Waals surface area (Å²) in [6.07, 6.45) is 2.45. The highest BCUT2D eigenvalue weighted by Crippen LogP contribution is 2.55. The number of hydrogen-bond acceptors (Lipinski definition) is 0. The van der Waals surface area contributed by atoms with E-state index in [2.05, 4.69) is 170 Å². The Morgan fingerprint density at radius 3 is 1.35 bits per heavy atom. The Labute approximate surface area is 236 Å². The first-order chi connectivity index (χ1) is 19.9. The first kappa shape index (κ1) is 24.1. The minimum absolute atomic E-state index is 0.137. The molecule has 0 amide bonds. The Kier molecular flexibility index (Phi) is 6.44. The standard InChI is InChI=1S/C40H30/c1-6-16-29(17-7-1)35-27-26-34-28-36(30-18-8-2-9-19-30)38(32-22-12-4-13-23-32)39(33-24-14-5-15-25-33)40(34)37(35)31-20-10-3-11-21-31/h1-28,38-39H. The van der Waals surface area contributed by atoms with Gasteiger partial charge >= 0.3 is 0 Å². The average Bonchev–Trinajstić information content (AvgIpc) is 3.05. The largest absolute Gasteiger partial charge is 0.0622 e. The van der Waals surface area contributed by atoms with Crippen molar-refractivity contribution in [3.05, 3.63) is 192 Å². The lowest BCUT2D eigenvalue weighted by Crippen LogP contribution is -2.20. The van der Waals surface area contributed by atoms with Crippen LogP contribution in [0, 0.1) is 0 Å². The van der Waals surface area contributed by atoms with Crippen LogP contribution in [0.25, 0.3) is 33.9 Å². The van der Waals surface area contributed by atoms with Gasteiger partial charge in [0.2, 0.25) is 0 Å². The van der Waals surface area contributed by atoms with Gasteiger partial charge in [-0.05, 0) is 55.6 Å². The molecule has 0 saturated heterocycles. The summed E-state index contributed by atoms with van der Waals surface area (Å²) in [7, 11) is 0. The second-order valence-electron chi connectivity index (χ2n) is 10.5. The van der Waals surface area contributed by atoms with E-state index in [0.717, 1.165) is 0 Å². The van der Waals surface area contributed by atoms with Crippen LogP contribution >= 0.6 is 0 Å². The maximum absolute atomic E-state index is 2.45. The fourth-order valence-electron chi connectivity index (χ4n) is 6.42. The van der Waals surface area contributed by atoms with Crippen LogP contribution in [0.15, 0.2) is 164 Å². The van der Waals surface area contributed by atoms with Crippen LogP contribution in [0.5, 0.6) is 0 Å². The SMILES string of the molecule is C1=C(c2ccccc2)C(c2ccccc2)C(c2ccccc2)c2c1ccc(-c1ccccc1)c2-c1ccccc1. The van der Waals surface area contributed by atoms with Gasteiger partial charge in [0.1, 0.15) is 0 Å². The number of allylic oxidation sites excluding steroid dienone is 1. The van der Waals surface area contributed by atoms with Gasteiger partial charge in [-0.1, -0.05) is 170 Å². The second kappa shape index (κ2) is 10.7. The second-order valence-corrected chi connectivity index (χ2v) is 10.5. The number of rotatable bonds is 5. The zero-order valence-electron chi connectivity index (χ0n) is 22.3. The summed E-state index contributed by atoms with van der Waals surface area (Å²) in [5, 5.41) is 0. The molecule has 0 heteroatoms. The van der Waals surface area contributed by atoms with E-state index in [-0.39, 0.29) is 11.8 Å². The van der Waals surface area contributed by atoms with Crippen LogP contribution < -0.4 is 0 Å². The van der Waals surface area contributed by atoms with E-state index in [1.165, 1.54) is 55.6 Å². The van der Waals surface area contributed by atoms with Crippen LogP contribution in [0.4, 0.5) is 0 Å². The average molecular weight is 511 g/mol. The Hall–Kier alpha value is -4.94. The maximum atomic E-state index is 2.45. The molecule has 2 unspecified atom stereocenters. The lowest BCUT2D eigenvalue weighted by molar-refractivity contribution is 0.724. The van der Waals surface area contributed by atoms with Gasteiger partial charge in [0, 0.05) is 11.8 Å². The van der Waals surface area contributed by atoms with E-state index in [1.807, 2.05) is 0 Å². The summed E-state index contributed by atoms with van der Waals surface area (Å²) in [5.74, 6) is 0.296. The van der Waals surface area contributed by atoms with Crippen molar-refractivity contribution >= 4 is 11.6 Å². The Balaban J connectivity index is 1.61. The molecule has 6 aromatic carbocycles. The molecule has 2 atom stereocenters. The topological polar surface area (TPSA) is 0 Å². The molecule has 1 aliphatic carbocycles. The summed E-state index contributed by atoms with van der Waals surface area (Å²) in [4.78, 5) is 0. The van der Waals surface area contributed by atoms with E-state index in [0.29, 0.717) is 0 Å². The molecule has 0 spiro atoms. The number of benzene rings is 6. The normalized spacial score (nSPS) is 16.1. The van der Waals surface area contributed by atoms with E-state index >= 15 is 0 Å². The van der Waals surface area contributed by atoms with Gasteiger partial charge in [0.25, 0.3) is 0 Å². The lowest BCUT2D eigenvalue weighted by atomic mass is 9.65. The van der Waals surface area contributed by atoms with Gasteiger partial charge in [0.15, 0.2) is 0 Å². The van der Waals surface area contributed by atoms with Crippen LogP contribution in [-0.2, 0) is 0 Å². The minimum Gasteiger partial charge on any atom is -0.0622 e. The Morgan fingerprint density at radius 2 is 0.800 bits per heavy atom. The molecule has 0 aliphatic heterocycles. The van der Waals surface area contributed by atoms with Crippen LogP contribution in [0.3, 0.4) is 0 Å². The molecule has 0 N–H and O–H groups in total. The van der Waals surface area contributed by atoms with Crippen molar-refractivity contribution in [1.82, 2.24) is 0 Å². The predicted octanol–water partition coefficient (Wildman–Crippen LogP) is 10.5. The highest BCUT2D eigenvalue weighted by Gasteiger charge is 2.37. The highest BCUT2D eigenvalue weighted by molar-refractivity contribution is 5.96. The van der Waals surface area contributed by atoms with E-state index in [1.54, 1.807) is 0 Å². The first-order valence-corrected chi connectivity index (χ1v) is 14.0. The number of hydrogen-bond donors (Lipinski definition) is 0. The van der Waals surface area contributed by atoms with Crippen LogP contribution in [0.1, 0.15) is 39.7 Å². The molecule has 0 aromatic heterocycles. The van der Waals surface area contributed by atoms with Crippen molar-refractivity contribution in [2.75, 3.05) is 0 Å². The molecule has 7 rings (SSSR count). The van der Waals surface area contributed by atoms with E-state index in [9.17, 15) is 0 Å². The molecule has 0 radical (unpaired) electrons. The van der Waals surface area contributed by atoms with Gasteiger partial charge in [-0.15, -0.1) is 0 Å². The minimum atomic E-state index is 0.137. The smallest absolute Gasteiger partial charge is 0.0211 e. The van der Waals surface area contributed by atoms with E-state index < -0.39 is 0 Å². The van der Waals surface area contributed by atoms with Crippen molar-refractivity contribution in [1.29, 1.82) is 0 Å². The van der Waals surface area contributed by atoms with Crippen molar-refractivity contribution in [3.8, 4) is 22.3 Å². The number of fused-ring (bicyclic) bond motifs is 1. The van der Waals surface area contributed by atoms with Crippen molar-refractivity contribution in [2.24, 2.45) is 0 Å². The quantitative estimate of drug-likeness (QED) is 0.216.